The van der Waals surface area contributed by atoms with Crippen molar-refractivity contribution in [2.24, 2.45) is 0 Å². The molecule has 1 aromatic carbocycles. The summed E-state index contributed by atoms with van der Waals surface area (Å²) in [5.74, 6) is 0.952. The molecule has 2 N–H and O–H groups in total. The van der Waals surface area contributed by atoms with Crippen LogP contribution in [-0.2, 0) is 13.1 Å². The van der Waals surface area contributed by atoms with E-state index in [1.165, 1.54) is 5.56 Å². The van der Waals surface area contributed by atoms with Crippen LogP contribution in [0.4, 0.5) is 0 Å². The number of aromatic amines is 1. The molecule has 0 amide bonds. The van der Waals surface area contributed by atoms with Crippen molar-refractivity contribution in [2.45, 2.75) is 20.0 Å². The van der Waals surface area contributed by atoms with Crippen molar-refractivity contribution in [1.82, 2.24) is 20.3 Å². The number of hydrogen-bond donors (Lipinski definition) is 2. The molecule has 0 saturated carbocycles. The first-order valence-electron chi connectivity index (χ1n) is 6.37. The Labute approximate surface area is 111 Å². The van der Waals surface area contributed by atoms with E-state index in [1.807, 2.05) is 43.5 Å². The number of aryl methyl sites for hydroxylation is 1. The van der Waals surface area contributed by atoms with Crippen LogP contribution >= 0.6 is 0 Å². The zero-order valence-corrected chi connectivity index (χ0v) is 10.9. The van der Waals surface area contributed by atoms with Gasteiger partial charge in [0.2, 0.25) is 0 Å². The molecule has 0 fully saturated rings. The molecule has 96 valence electrons. The molecular formula is C15H16N4. The topological polar surface area (TPSA) is 53.6 Å². The molecular weight excluding hydrogens is 236 g/mol. The van der Waals surface area contributed by atoms with Gasteiger partial charge in [0.1, 0.15) is 5.82 Å². The van der Waals surface area contributed by atoms with Gasteiger partial charge < -0.3 is 10.3 Å². The maximum Gasteiger partial charge on any atom is 0.121 e. The molecule has 0 bridgehead atoms. The van der Waals surface area contributed by atoms with Gasteiger partial charge in [0.15, 0.2) is 0 Å². The molecule has 0 atom stereocenters. The molecule has 0 aliphatic heterocycles. The number of imidazole rings is 1. The maximum atomic E-state index is 4.52. The van der Waals surface area contributed by atoms with Crippen LogP contribution in [0.2, 0.25) is 0 Å². The summed E-state index contributed by atoms with van der Waals surface area (Å²) in [6.45, 7) is 3.50. The molecule has 2 heterocycles. The van der Waals surface area contributed by atoms with E-state index in [1.54, 1.807) is 0 Å². The summed E-state index contributed by atoms with van der Waals surface area (Å²) >= 11 is 0. The standard InChI is InChI=1S/C15H16N4/c1-11-6-7-12(17-8-11)9-16-10-15-18-13-4-2-3-5-14(13)19-15/h2-8,16H,9-10H2,1H3,(H,18,19). The Balaban J connectivity index is 1.61. The molecule has 0 spiro atoms. The van der Waals surface area contributed by atoms with Crippen LogP contribution in [0.1, 0.15) is 17.1 Å². The number of para-hydroxylation sites is 2. The van der Waals surface area contributed by atoms with Crippen LogP contribution in [0.25, 0.3) is 11.0 Å². The molecule has 0 saturated heterocycles. The Bertz CT molecular complexity index is 637. The van der Waals surface area contributed by atoms with Crippen molar-refractivity contribution >= 4 is 11.0 Å². The second-order valence-electron chi connectivity index (χ2n) is 4.63. The lowest BCUT2D eigenvalue weighted by molar-refractivity contribution is 0.658. The Morgan fingerprint density at radius 1 is 1.11 bits per heavy atom. The molecule has 4 nitrogen and oxygen atoms in total. The van der Waals surface area contributed by atoms with Gasteiger partial charge in [-0.25, -0.2) is 4.98 Å². The largest absolute Gasteiger partial charge is 0.341 e. The fourth-order valence-electron chi connectivity index (χ4n) is 2.00. The van der Waals surface area contributed by atoms with E-state index in [0.29, 0.717) is 6.54 Å². The number of H-pyrrole nitrogens is 1. The normalized spacial score (nSPS) is 11.0. The summed E-state index contributed by atoms with van der Waals surface area (Å²) in [6, 6.07) is 12.2. The van der Waals surface area contributed by atoms with Gasteiger partial charge in [-0.1, -0.05) is 18.2 Å². The van der Waals surface area contributed by atoms with Crippen LogP contribution < -0.4 is 5.32 Å². The van der Waals surface area contributed by atoms with Crippen LogP contribution in [0, 0.1) is 6.92 Å². The highest BCUT2D eigenvalue weighted by atomic mass is 15.0. The number of pyridine rings is 1. The Morgan fingerprint density at radius 2 is 2.00 bits per heavy atom. The lowest BCUT2D eigenvalue weighted by Crippen LogP contribution is -2.14. The third-order valence-electron chi connectivity index (χ3n) is 3.01. The molecule has 3 aromatic rings. The SMILES string of the molecule is Cc1ccc(CNCc2nc3ccccc3[nH]2)nc1. The van der Waals surface area contributed by atoms with Crippen molar-refractivity contribution in [3.63, 3.8) is 0 Å². The highest BCUT2D eigenvalue weighted by Crippen LogP contribution is 2.10. The van der Waals surface area contributed by atoms with E-state index < -0.39 is 0 Å². The van der Waals surface area contributed by atoms with E-state index in [0.717, 1.165) is 29.1 Å². The van der Waals surface area contributed by atoms with Crippen molar-refractivity contribution < 1.29 is 0 Å². The Morgan fingerprint density at radius 3 is 2.79 bits per heavy atom. The van der Waals surface area contributed by atoms with Gasteiger partial charge in [-0.15, -0.1) is 0 Å². The number of benzene rings is 1. The van der Waals surface area contributed by atoms with Gasteiger partial charge in [-0.2, -0.15) is 0 Å². The first-order valence-corrected chi connectivity index (χ1v) is 6.37. The summed E-state index contributed by atoms with van der Waals surface area (Å²) in [7, 11) is 0. The number of fused-ring (bicyclic) bond motifs is 1. The monoisotopic (exact) mass is 252 g/mol. The summed E-state index contributed by atoms with van der Waals surface area (Å²) in [6.07, 6.45) is 1.89. The first kappa shape index (κ1) is 11.9. The van der Waals surface area contributed by atoms with Gasteiger partial charge in [-0.05, 0) is 30.7 Å². The molecule has 0 aliphatic carbocycles. The van der Waals surface area contributed by atoms with Gasteiger partial charge in [-0.3, -0.25) is 4.98 Å². The average Bonchev–Trinajstić information content (AvgIpc) is 2.83. The fraction of sp³-hybridized carbons (Fsp3) is 0.200. The van der Waals surface area contributed by atoms with Crippen LogP contribution in [0.15, 0.2) is 42.6 Å². The highest BCUT2D eigenvalue weighted by molar-refractivity contribution is 5.74. The fourth-order valence-corrected chi connectivity index (χ4v) is 2.00. The smallest absolute Gasteiger partial charge is 0.121 e. The van der Waals surface area contributed by atoms with Crippen molar-refractivity contribution in [3.05, 3.63) is 59.7 Å². The molecule has 0 unspecified atom stereocenters. The molecule has 19 heavy (non-hydrogen) atoms. The summed E-state index contributed by atoms with van der Waals surface area (Å²) in [5, 5.41) is 3.34. The minimum Gasteiger partial charge on any atom is -0.341 e. The summed E-state index contributed by atoms with van der Waals surface area (Å²) < 4.78 is 0. The first-order chi connectivity index (χ1) is 9.31. The predicted octanol–water partition coefficient (Wildman–Crippen LogP) is 2.56. The molecule has 4 heteroatoms. The van der Waals surface area contributed by atoms with E-state index in [-0.39, 0.29) is 0 Å². The second kappa shape index (κ2) is 5.20. The summed E-state index contributed by atoms with van der Waals surface area (Å²) in [5.41, 5.74) is 4.31. The molecule has 3 rings (SSSR count). The van der Waals surface area contributed by atoms with Crippen LogP contribution in [0.5, 0.6) is 0 Å². The third-order valence-corrected chi connectivity index (χ3v) is 3.01. The summed E-state index contributed by atoms with van der Waals surface area (Å²) in [4.78, 5) is 12.2. The van der Waals surface area contributed by atoms with E-state index >= 15 is 0 Å². The van der Waals surface area contributed by atoms with E-state index in [2.05, 4.69) is 26.3 Å². The molecule has 0 radical (unpaired) electrons. The number of hydrogen-bond acceptors (Lipinski definition) is 3. The minimum absolute atomic E-state index is 0.713. The lowest BCUT2D eigenvalue weighted by atomic mass is 10.3. The Hall–Kier alpha value is -2.20. The Kier molecular flexibility index (Phi) is 3.25. The lowest BCUT2D eigenvalue weighted by Gasteiger charge is -2.02. The van der Waals surface area contributed by atoms with Gasteiger partial charge in [0, 0.05) is 12.7 Å². The number of aromatic nitrogens is 3. The predicted molar refractivity (Wildman–Crippen MR) is 75.6 cm³/mol. The average molecular weight is 252 g/mol. The zero-order valence-electron chi connectivity index (χ0n) is 10.9. The number of rotatable bonds is 4. The zero-order chi connectivity index (χ0) is 13.1. The van der Waals surface area contributed by atoms with E-state index in [9.17, 15) is 0 Å². The van der Waals surface area contributed by atoms with Crippen molar-refractivity contribution in [1.29, 1.82) is 0 Å². The number of nitrogens with one attached hydrogen (secondary N) is 2. The van der Waals surface area contributed by atoms with Crippen molar-refractivity contribution in [2.75, 3.05) is 0 Å². The van der Waals surface area contributed by atoms with Crippen LogP contribution in [0.3, 0.4) is 0 Å². The van der Waals surface area contributed by atoms with Gasteiger partial charge >= 0.3 is 0 Å². The molecule has 2 aromatic heterocycles. The second-order valence-corrected chi connectivity index (χ2v) is 4.63. The molecule has 0 aliphatic rings. The van der Waals surface area contributed by atoms with Gasteiger partial charge in [0.25, 0.3) is 0 Å². The maximum absolute atomic E-state index is 4.52. The minimum atomic E-state index is 0.713. The van der Waals surface area contributed by atoms with Gasteiger partial charge in [0.05, 0.1) is 23.3 Å². The van der Waals surface area contributed by atoms with E-state index in [4.69, 9.17) is 0 Å². The van der Waals surface area contributed by atoms with Crippen LogP contribution in [-0.4, -0.2) is 15.0 Å². The highest BCUT2D eigenvalue weighted by Gasteiger charge is 2.01. The number of nitrogens with zero attached hydrogens (tertiary/aromatic N) is 2. The quantitative estimate of drug-likeness (QED) is 0.750. The van der Waals surface area contributed by atoms with Crippen molar-refractivity contribution in [3.8, 4) is 0 Å². The third kappa shape index (κ3) is 2.80.